The zero-order valence-corrected chi connectivity index (χ0v) is 10.3. The van der Waals surface area contributed by atoms with Crippen LogP contribution in [-0.2, 0) is 0 Å². The summed E-state index contributed by atoms with van der Waals surface area (Å²) in [7, 11) is 0. The van der Waals surface area contributed by atoms with E-state index in [9.17, 15) is 10.2 Å². The number of phenolic OH excluding ortho intramolecular Hbond substituents is 2. The SMILES string of the molecule is Cc1cc(O)c(C)c(-c2ccccc2O)c1C. The van der Waals surface area contributed by atoms with Crippen molar-refractivity contribution < 1.29 is 10.2 Å². The van der Waals surface area contributed by atoms with Crippen molar-refractivity contribution in [1.82, 2.24) is 0 Å². The van der Waals surface area contributed by atoms with Crippen LogP contribution in [0.15, 0.2) is 30.3 Å². The fourth-order valence-corrected chi connectivity index (χ4v) is 2.12. The molecule has 17 heavy (non-hydrogen) atoms. The highest BCUT2D eigenvalue weighted by atomic mass is 16.3. The van der Waals surface area contributed by atoms with Crippen molar-refractivity contribution in [2.75, 3.05) is 0 Å². The number of hydrogen-bond donors (Lipinski definition) is 2. The summed E-state index contributed by atoms with van der Waals surface area (Å²) in [6.45, 7) is 5.82. The van der Waals surface area contributed by atoms with Gasteiger partial charge in [-0.3, -0.25) is 0 Å². The van der Waals surface area contributed by atoms with Crippen LogP contribution in [0.4, 0.5) is 0 Å². The van der Waals surface area contributed by atoms with E-state index in [-0.39, 0.29) is 11.5 Å². The Bertz CT molecular complexity index is 545. The first-order valence-electron chi connectivity index (χ1n) is 5.60. The van der Waals surface area contributed by atoms with Crippen LogP contribution in [0.3, 0.4) is 0 Å². The third-order valence-corrected chi connectivity index (χ3v) is 3.25. The first-order valence-corrected chi connectivity index (χ1v) is 5.60. The Morgan fingerprint density at radius 3 is 2.12 bits per heavy atom. The standard InChI is InChI=1S/C15H16O2/c1-9-8-14(17)11(3)15(10(9)2)12-6-4-5-7-13(12)16/h4-8,16-17H,1-3H3. The predicted molar refractivity (Wildman–Crippen MR) is 69.4 cm³/mol. The normalized spacial score (nSPS) is 10.5. The number of aryl methyl sites for hydroxylation is 1. The van der Waals surface area contributed by atoms with Gasteiger partial charge in [-0.05, 0) is 55.2 Å². The number of benzene rings is 2. The molecule has 0 saturated heterocycles. The Morgan fingerprint density at radius 1 is 0.824 bits per heavy atom. The second-order valence-electron chi connectivity index (χ2n) is 4.35. The summed E-state index contributed by atoms with van der Waals surface area (Å²) in [6, 6.07) is 8.96. The molecule has 2 aromatic carbocycles. The van der Waals surface area contributed by atoms with Gasteiger partial charge in [0.25, 0.3) is 0 Å². The lowest BCUT2D eigenvalue weighted by molar-refractivity contribution is 0.470. The maximum absolute atomic E-state index is 9.91. The van der Waals surface area contributed by atoms with Gasteiger partial charge in [0.15, 0.2) is 0 Å². The van der Waals surface area contributed by atoms with Gasteiger partial charge < -0.3 is 10.2 Å². The molecular formula is C15H16O2. The van der Waals surface area contributed by atoms with Gasteiger partial charge >= 0.3 is 0 Å². The van der Waals surface area contributed by atoms with E-state index < -0.39 is 0 Å². The molecule has 2 aromatic rings. The van der Waals surface area contributed by atoms with Gasteiger partial charge in [0.05, 0.1) is 0 Å². The van der Waals surface area contributed by atoms with Crippen molar-refractivity contribution in [2.45, 2.75) is 20.8 Å². The van der Waals surface area contributed by atoms with Crippen molar-refractivity contribution in [3.63, 3.8) is 0 Å². The summed E-state index contributed by atoms with van der Waals surface area (Å²) in [5.74, 6) is 0.509. The van der Waals surface area contributed by atoms with E-state index in [0.717, 1.165) is 27.8 Å². The van der Waals surface area contributed by atoms with E-state index in [1.165, 1.54) is 0 Å². The fourth-order valence-electron chi connectivity index (χ4n) is 2.12. The average Bonchev–Trinajstić information content (AvgIpc) is 2.29. The Labute approximate surface area is 101 Å². The molecule has 0 heterocycles. The number of aromatic hydroxyl groups is 2. The monoisotopic (exact) mass is 228 g/mol. The third kappa shape index (κ3) is 1.86. The molecule has 0 spiro atoms. The summed E-state index contributed by atoms with van der Waals surface area (Å²) in [5, 5.41) is 19.8. The number of rotatable bonds is 1. The van der Waals surface area contributed by atoms with Crippen LogP contribution < -0.4 is 0 Å². The van der Waals surface area contributed by atoms with Crippen LogP contribution in [0.1, 0.15) is 16.7 Å². The van der Waals surface area contributed by atoms with E-state index in [2.05, 4.69) is 0 Å². The summed E-state index contributed by atoms with van der Waals surface area (Å²) in [4.78, 5) is 0. The van der Waals surface area contributed by atoms with Crippen LogP contribution in [-0.4, -0.2) is 10.2 Å². The van der Waals surface area contributed by atoms with E-state index in [0.29, 0.717) is 0 Å². The lowest BCUT2D eigenvalue weighted by Gasteiger charge is -2.15. The highest BCUT2D eigenvalue weighted by Gasteiger charge is 2.14. The van der Waals surface area contributed by atoms with Crippen molar-refractivity contribution in [2.24, 2.45) is 0 Å². The maximum atomic E-state index is 9.91. The molecular weight excluding hydrogens is 212 g/mol. The van der Waals surface area contributed by atoms with Crippen LogP contribution >= 0.6 is 0 Å². The fraction of sp³-hybridized carbons (Fsp3) is 0.200. The highest BCUT2D eigenvalue weighted by Crippen LogP contribution is 2.38. The van der Waals surface area contributed by atoms with Crippen LogP contribution in [0.2, 0.25) is 0 Å². The van der Waals surface area contributed by atoms with E-state index in [1.807, 2.05) is 32.9 Å². The zero-order chi connectivity index (χ0) is 12.6. The molecule has 88 valence electrons. The molecule has 0 saturated carbocycles. The van der Waals surface area contributed by atoms with Gasteiger partial charge in [-0.15, -0.1) is 0 Å². The average molecular weight is 228 g/mol. The predicted octanol–water partition coefficient (Wildman–Crippen LogP) is 3.69. The summed E-state index contributed by atoms with van der Waals surface area (Å²) >= 11 is 0. The summed E-state index contributed by atoms with van der Waals surface area (Å²) in [6.07, 6.45) is 0. The smallest absolute Gasteiger partial charge is 0.123 e. The molecule has 0 aliphatic carbocycles. The van der Waals surface area contributed by atoms with E-state index in [1.54, 1.807) is 18.2 Å². The molecule has 0 unspecified atom stereocenters. The molecule has 0 bridgehead atoms. The molecule has 0 aliphatic rings. The number of hydrogen-bond acceptors (Lipinski definition) is 2. The Kier molecular flexibility index (Phi) is 2.80. The maximum Gasteiger partial charge on any atom is 0.123 e. The molecule has 2 nitrogen and oxygen atoms in total. The van der Waals surface area contributed by atoms with Crippen LogP contribution in [0, 0.1) is 20.8 Å². The number of phenols is 2. The van der Waals surface area contributed by atoms with Crippen molar-refractivity contribution in [3.05, 3.63) is 47.0 Å². The Balaban J connectivity index is 2.80. The molecule has 0 amide bonds. The molecule has 0 aliphatic heterocycles. The lowest BCUT2D eigenvalue weighted by atomic mass is 9.91. The molecule has 2 heteroatoms. The first-order chi connectivity index (χ1) is 8.02. The van der Waals surface area contributed by atoms with Gasteiger partial charge in [0, 0.05) is 5.56 Å². The van der Waals surface area contributed by atoms with Crippen molar-refractivity contribution in [1.29, 1.82) is 0 Å². The topological polar surface area (TPSA) is 40.5 Å². The zero-order valence-electron chi connectivity index (χ0n) is 10.3. The van der Waals surface area contributed by atoms with E-state index >= 15 is 0 Å². The van der Waals surface area contributed by atoms with Gasteiger partial charge in [0.1, 0.15) is 11.5 Å². The minimum atomic E-state index is 0.240. The minimum Gasteiger partial charge on any atom is -0.508 e. The summed E-state index contributed by atoms with van der Waals surface area (Å²) < 4.78 is 0. The van der Waals surface area contributed by atoms with Crippen molar-refractivity contribution >= 4 is 0 Å². The molecule has 2 N–H and O–H groups in total. The van der Waals surface area contributed by atoms with Gasteiger partial charge in [-0.2, -0.15) is 0 Å². The molecule has 0 radical (unpaired) electrons. The second kappa shape index (κ2) is 4.13. The van der Waals surface area contributed by atoms with Crippen LogP contribution in [0.25, 0.3) is 11.1 Å². The lowest BCUT2D eigenvalue weighted by Crippen LogP contribution is -1.92. The van der Waals surface area contributed by atoms with Crippen LogP contribution in [0.5, 0.6) is 11.5 Å². The largest absolute Gasteiger partial charge is 0.508 e. The highest BCUT2D eigenvalue weighted by molar-refractivity contribution is 5.78. The first kappa shape index (κ1) is 11.5. The minimum absolute atomic E-state index is 0.240. The van der Waals surface area contributed by atoms with Crippen molar-refractivity contribution in [3.8, 4) is 22.6 Å². The number of para-hydroxylation sites is 1. The molecule has 0 fully saturated rings. The second-order valence-corrected chi connectivity index (χ2v) is 4.35. The van der Waals surface area contributed by atoms with Gasteiger partial charge in [-0.25, -0.2) is 0 Å². The van der Waals surface area contributed by atoms with Gasteiger partial charge in [-0.1, -0.05) is 18.2 Å². The summed E-state index contributed by atoms with van der Waals surface area (Å²) in [5.41, 5.74) is 4.59. The quantitative estimate of drug-likeness (QED) is 0.781. The Hall–Kier alpha value is -1.96. The third-order valence-electron chi connectivity index (χ3n) is 3.25. The molecule has 2 rings (SSSR count). The van der Waals surface area contributed by atoms with Gasteiger partial charge in [0.2, 0.25) is 0 Å². The molecule has 0 aromatic heterocycles. The van der Waals surface area contributed by atoms with E-state index in [4.69, 9.17) is 0 Å². The molecule has 0 atom stereocenters. The Morgan fingerprint density at radius 2 is 1.47 bits per heavy atom.